The lowest BCUT2D eigenvalue weighted by atomic mass is 10.1. The molecule has 0 aliphatic rings. The second-order valence-electron chi connectivity index (χ2n) is 3.55. The first-order valence-corrected chi connectivity index (χ1v) is 5.88. The summed E-state index contributed by atoms with van der Waals surface area (Å²) in [6.45, 7) is 3.53. The van der Waals surface area contributed by atoms with Crippen LogP contribution in [0, 0.1) is 13.8 Å². The smallest absolute Gasteiger partial charge is 0.153 e. The molecule has 17 heavy (non-hydrogen) atoms. The van der Waals surface area contributed by atoms with Crippen molar-refractivity contribution in [1.82, 2.24) is 9.97 Å². The van der Waals surface area contributed by atoms with Gasteiger partial charge in [0, 0.05) is 0 Å². The average molecular weight is 292 g/mol. The first kappa shape index (κ1) is 12.6. The molecule has 3 N–H and O–H groups in total. The zero-order valence-electron chi connectivity index (χ0n) is 9.11. The summed E-state index contributed by atoms with van der Waals surface area (Å²) in [6.07, 6.45) is 0. The van der Waals surface area contributed by atoms with Crippen molar-refractivity contribution in [2.45, 2.75) is 13.8 Å². The van der Waals surface area contributed by atoms with Crippen LogP contribution in [0.15, 0.2) is 0 Å². The Hall–Kier alpha value is -0.810. The lowest BCUT2D eigenvalue weighted by Gasteiger charge is -2.12. The Morgan fingerprint density at radius 2 is 1.65 bits per heavy atom. The zero-order chi connectivity index (χ0) is 12.7. The van der Waals surface area contributed by atoms with Crippen LogP contribution in [-0.4, -0.2) is 9.97 Å². The number of halogens is 3. The highest BCUT2D eigenvalue weighted by Gasteiger charge is 2.18. The number of aromatic nitrogens is 2. The largest absolute Gasteiger partial charge is 0.308 e. The Bertz CT molecular complexity index is 613. The number of aryl methyl sites for hydroxylation is 1. The summed E-state index contributed by atoms with van der Waals surface area (Å²) < 4.78 is 0. The molecule has 7 heteroatoms. The molecule has 0 aliphatic carbocycles. The molecule has 0 atom stereocenters. The number of benzene rings is 1. The van der Waals surface area contributed by atoms with Gasteiger partial charge < -0.3 is 5.43 Å². The Morgan fingerprint density at radius 3 is 2.24 bits per heavy atom. The van der Waals surface area contributed by atoms with Gasteiger partial charge in [-0.05, 0) is 19.4 Å². The molecule has 0 bridgehead atoms. The fourth-order valence-corrected chi connectivity index (χ4v) is 2.38. The predicted octanol–water partition coefficient (Wildman–Crippen LogP) is 3.49. The Balaban J connectivity index is 3.05. The molecule has 2 rings (SSSR count). The number of nitrogens with zero attached hydrogens (tertiary/aromatic N) is 2. The number of fused-ring (bicyclic) bond motifs is 1. The van der Waals surface area contributed by atoms with Gasteiger partial charge in [0.05, 0.1) is 26.0 Å². The molecule has 1 aromatic carbocycles. The van der Waals surface area contributed by atoms with E-state index >= 15 is 0 Å². The van der Waals surface area contributed by atoms with E-state index < -0.39 is 0 Å². The van der Waals surface area contributed by atoms with E-state index in [1.165, 1.54) is 0 Å². The van der Waals surface area contributed by atoms with Gasteiger partial charge in [-0.2, -0.15) is 0 Å². The summed E-state index contributed by atoms with van der Waals surface area (Å²) in [5.74, 6) is 6.36. The monoisotopic (exact) mass is 290 g/mol. The van der Waals surface area contributed by atoms with E-state index in [1.807, 2.05) is 0 Å². The van der Waals surface area contributed by atoms with Gasteiger partial charge in [-0.25, -0.2) is 15.8 Å². The van der Waals surface area contributed by atoms with Gasteiger partial charge in [-0.1, -0.05) is 34.8 Å². The fraction of sp³-hybridized carbons (Fsp3) is 0.200. The molecule has 1 heterocycles. The first-order chi connectivity index (χ1) is 7.97. The topological polar surface area (TPSA) is 63.8 Å². The molecule has 0 fully saturated rings. The molecule has 4 nitrogen and oxygen atoms in total. The summed E-state index contributed by atoms with van der Waals surface area (Å²) in [7, 11) is 0. The third-order valence-electron chi connectivity index (χ3n) is 2.44. The molecule has 0 saturated carbocycles. The van der Waals surface area contributed by atoms with Crippen molar-refractivity contribution in [3.05, 3.63) is 26.5 Å². The Kier molecular flexibility index (Phi) is 3.32. The van der Waals surface area contributed by atoms with Crippen molar-refractivity contribution in [3.63, 3.8) is 0 Å². The molecular formula is C10H9Cl3N4. The Morgan fingerprint density at radius 1 is 1.00 bits per heavy atom. The second-order valence-corrected chi connectivity index (χ2v) is 4.69. The predicted molar refractivity (Wildman–Crippen MR) is 71.9 cm³/mol. The molecule has 1 aromatic heterocycles. The molecule has 90 valence electrons. The molecule has 2 aromatic rings. The van der Waals surface area contributed by atoms with E-state index in [0.29, 0.717) is 43.2 Å². The van der Waals surface area contributed by atoms with E-state index in [2.05, 4.69) is 15.4 Å². The van der Waals surface area contributed by atoms with Crippen LogP contribution in [-0.2, 0) is 0 Å². The molecule has 0 amide bonds. The minimum absolute atomic E-state index is 0.344. The Labute approximate surface area is 113 Å². The van der Waals surface area contributed by atoms with Gasteiger partial charge in [-0.15, -0.1) is 0 Å². The first-order valence-electron chi connectivity index (χ1n) is 4.75. The number of rotatable bonds is 1. The van der Waals surface area contributed by atoms with Gasteiger partial charge >= 0.3 is 0 Å². The highest BCUT2D eigenvalue weighted by atomic mass is 35.5. The molecule has 0 saturated heterocycles. The summed E-state index contributed by atoms with van der Waals surface area (Å²) >= 11 is 18.5. The van der Waals surface area contributed by atoms with Crippen LogP contribution < -0.4 is 11.3 Å². The standard InChI is InChI=1S/C10H9Cl3N4/c1-3-6(11)8(13)5-9(7(3)12)15-4(2)16-10(5)17-14/h14H2,1-2H3,(H,15,16,17). The van der Waals surface area contributed by atoms with E-state index in [0.717, 1.165) is 0 Å². The SMILES string of the molecule is Cc1nc(NN)c2c(Cl)c(Cl)c(C)c(Cl)c2n1. The van der Waals surface area contributed by atoms with E-state index in [4.69, 9.17) is 40.6 Å². The van der Waals surface area contributed by atoms with Crippen LogP contribution >= 0.6 is 34.8 Å². The maximum Gasteiger partial charge on any atom is 0.153 e. The molecule has 0 unspecified atom stereocenters. The minimum atomic E-state index is 0.344. The quantitative estimate of drug-likeness (QED) is 0.479. The van der Waals surface area contributed by atoms with Crippen LogP contribution in [0.25, 0.3) is 10.9 Å². The van der Waals surface area contributed by atoms with Gasteiger partial charge in [0.1, 0.15) is 5.82 Å². The van der Waals surface area contributed by atoms with Crippen LogP contribution in [0.5, 0.6) is 0 Å². The van der Waals surface area contributed by atoms with E-state index in [1.54, 1.807) is 13.8 Å². The average Bonchev–Trinajstić information content (AvgIpc) is 2.32. The summed E-state index contributed by atoms with van der Waals surface area (Å²) in [6, 6.07) is 0. The number of nitrogen functional groups attached to an aromatic ring is 1. The fourth-order valence-electron chi connectivity index (χ4n) is 1.59. The second kappa shape index (κ2) is 4.46. The molecular weight excluding hydrogens is 282 g/mol. The lowest BCUT2D eigenvalue weighted by molar-refractivity contribution is 1.08. The zero-order valence-corrected chi connectivity index (χ0v) is 11.4. The molecule has 0 spiro atoms. The number of hydrogen-bond acceptors (Lipinski definition) is 4. The maximum absolute atomic E-state index is 6.20. The highest BCUT2D eigenvalue weighted by molar-refractivity contribution is 6.49. The highest BCUT2D eigenvalue weighted by Crippen LogP contribution is 2.41. The normalized spacial score (nSPS) is 10.9. The number of nitrogens with one attached hydrogen (secondary N) is 1. The third kappa shape index (κ3) is 1.91. The summed E-state index contributed by atoms with van der Waals surface area (Å²) in [5, 5.41) is 1.71. The van der Waals surface area contributed by atoms with Crippen molar-refractivity contribution in [1.29, 1.82) is 0 Å². The number of hydrazine groups is 1. The number of hydrogen-bond donors (Lipinski definition) is 2. The third-order valence-corrected chi connectivity index (χ3v) is 3.85. The van der Waals surface area contributed by atoms with Crippen LogP contribution in [0.1, 0.15) is 11.4 Å². The van der Waals surface area contributed by atoms with Crippen molar-refractivity contribution < 1.29 is 0 Å². The number of nitrogens with two attached hydrogens (primary N) is 1. The van der Waals surface area contributed by atoms with E-state index in [9.17, 15) is 0 Å². The van der Waals surface area contributed by atoms with Crippen molar-refractivity contribution in [3.8, 4) is 0 Å². The van der Waals surface area contributed by atoms with Crippen molar-refractivity contribution in [2.75, 3.05) is 5.43 Å². The number of anilines is 1. The summed E-state index contributed by atoms with van der Waals surface area (Å²) in [4.78, 5) is 8.41. The lowest BCUT2D eigenvalue weighted by Crippen LogP contribution is -2.11. The van der Waals surface area contributed by atoms with Crippen LogP contribution in [0.3, 0.4) is 0 Å². The maximum atomic E-state index is 6.20. The van der Waals surface area contributed by atoms with Crippen molar-refractivity contribution in [2.24, 2.45) is 5.84 Å². The minimum Gasteiger partial charge on any atom is -0.308 e. The van der Waals surface area contributed by atoms with Crippen molar-refractivity contribution >= 4 is 51.5 Å². The van der Waals surface area contributed by atoms with E-state index in [-0.39, 0.29) is 0 Å². The van der Waals surface area contributed by atoms with Gasteiger partial charge in [0.2, 0.25) is 0 Å². The molecule has 0 radical (unpaired) electrons. The van der Waals surface area contributed by atoms with Gasteiger partial charge in [0.15, 0.2) is 5.82 Å². The van der Waals surface area contributed by atoms with Gasteiger partial charge in [0.25, 0.3) is 0 Å². The van der Waals surface area contributed by atoms with Crippen LogP contribution in [0.2, 0.25) is 15.1 Å². The van der Waals surface area contributed by atoms with Gasteiger partial charge in [-0.3, -0.25) is 0 Å². The summed E-state index contributed by atoms with van der Waals surface area (Å²) in [5.41, 5.74) is 3.70. The van der Waals surface area contributed by atoms with Crippen LogP contribution in [0.4, 0.5) is 5.82 Å². The molecule has 0 aliphatic heterocycles.